The fourth-order valence-electron chi connectivity index (χ4n) is 1.28. The molecule has 0 amide bonds. The summed E-state index contributed by atoms with van der Waals surface area (Å²) in [6, 6.07) is 6.14. The molecule has 0 aliphatic carbocycles. The van der Waals surface area contributed by atoms with Crippen LogP contribution in [0.2, 0.25) is 0 Å². The zero-order chi connectivity index (χ0) is 9.42. The molecular formula is C9H11ClN2O2. The van der Waals surface area contributed by atoms with Crippen molar-refractivity contribution in [2.24, 2.45) is 0 Å². The van der Waals surface area contributed by atoms with Crippen LogP contribution >= 0.6 is 0 Å². The van der Waals surface area contributed by atoms with Gasteiger partial charge in [-0.05, 0) is 12.1 Å². The lowest BCUT2D eigenvalue weighted by Crippen LogP contribution is -3.00. The van der Waals surface area contributed by atoms with Gasteiger partial charge in [-0.15, -0.1) is 0 Å². The molecule has 0 aliphatic rings. The molecule has 0 saturated carbocycles. The van der Waals surface area contributed by atoms with E-state index < -0.39 is 0 Å². The number of hydrogen-bond acceptors (Lipinski definition) is 3. The average molecular weight is 215 g/mol. The summed E-state index contributed by atoms with van der Waals surface area (Å²) < 4.78 is 6.96. The van der Waals surface area contributed by atoms with E-state index in [2.05, 4.69) is 0 Å². The SMILES string of the molecule is CN(C)c1oc(O)c2cccc[n+]12.[Cl-]. The highest BCUT2D eigenvalue weighted by Crippen LogP contribution is 2.21. The number of oxazole rings is 1. The minimum Gasteiger partial charge on any atom is -1.00 e. The largest absolute Gasteiger partial charge is 1.00 e. The Morgan fingerprint density at radius 1 is 1.36 bits per heavy atom. The van der Waals surface area contributed by atoms with Crippen molar-refractivity contribution in [2.45, 2.75) is 0 Å². The molecular weight excluding hydrogens is 204 g/mol. The maximum atomic E-state index is 9.43. The van der Waals surface area contributed by atoms with Gasteiger partial charge >= 0.3 is 12.0 Å². The molecule has 2 rings (SSSR count). The van der Waals surface area contributed by atoms with Gasteiger partial charge in [-0.3, -0.25) is 0 Å². The maximum Gasteiger partial charge on any atom is 0.464 e. The second kappa shape index (κ2) is 3.75. The number of hydrogen-bond donors (Lipinski definition) is 1. The van der Waals surface area contributed by atoms with Crippen LogP contribution in [0.4, 0.5) is 6.01 Å². The van der Waals surface area contributed by atoms with E-state index in [-0.39, 0.29) is 18.4 Å². The van der Waals surface area contributed by atoms with Gasteiger partial charge in [0.05, 0.1) is 14.1 Å². The molecule has 0 atom stereocenters. The molecule has 5 heteroatoms. The number of halogens is 1. The van der Waals surface area contributed by atoms with Crippen molar-refractivity contribution < 1.29 is 26.3 Å². The lowest BCUT2D eigenvalue weighted by Gasteiger charge is -1.97. The van der Waals surface area contributed by atoms with E-state index >= 15 is 0 Å². The van der Waals surface area contributed by atoms with Gasteiger partial charge in [0, 0.05) is 0 Å². The minimum absolute atomic E-state index is 0. The molecule has 0 fully saturated rings. The molecule has 2 aromatic rings. The Morgan fingerprint density at radius 2 is 2.07 bits per heavy atom. The Labute approximate surface area is 87.8 Å². The lowest BCUT2D eigenvalue weighted by molar-refractivity contribution is -0.502. The van der Waals surface area contributed by atoms with Gasteiger partial charge < -0.3 is 21.9 Å². The molecule has 14 heavy (non-hydrogen) atoms. The van der Waals surface area contributed by atoms with Crippen molar-refractivity contribution >= 4 is 11.5 Å². The summed E-state index contributed by atoms with van der Waals surface area (Å²) in [5.74, 6) is -0.0516. The van der Waals surface area contributed by atoms with Gasteiger partial charge in [0.15, 0.2) is 0 Å². The van der Waals surface area contributed by atoms with E-state index in [1.807, 2.05) is 32.4 Å². The Hall–Kier alpha value is -1.42. The monoisotopic (exact) mass is 214 g/mol. The Balaban J connectivity index is 0.000000980. The third-order valence-corrected chi connectivity index (χ3v) is 1.86. The highest BCUT2D eigenvalue weighted by Gasteiger charge is 2.20. The zero-order valence-corrected chi connectivity index (χ0v) is 8.69. The number of rotatable bonds is 1. The first kappa shape index (κ1) is 10.7. The van der Waals surface area contributed by atoms with Crippen molar-refractivity contribution in [3.05, 3.63) is 24.4 Å². The molecule has 76 valence electrons. The van der Waals surface area contributed by atoms with Crippen LogP contribution in [0.15, 0.2) is 28.8 Å². The van der Waals surface area contributed by atoms with Crippen LogP contribution in [0, 0.1) is 0 Å². The first-order valence-electron chi connectivity index (χ1n) is 3.99. The minimum atomic E-state index is -0.0516. The van der Waals surface area contributed by atoms with Crippen molar-refractivity contribution in [3.63, 3.8) is 0 Å². The lowest BCUT2D eigenvalue weighted by atomic mass is 10.4. The summed E-state index contributed by atoms with van der Waals surface area (Å²) in [6.07, 6.45) is 1.84. The van der Waals surface area contributed by atoms with E-state index in [4.69, 9.17) is 4.42 Å². The van der Waals surface area contributed by atoms with E-state index in [0.717, 1.165) is 0 Å². The third-order valence-electron chi connectivity index (χ3n) is 1.86. The van der Waals surface area contributed by atoms with Gasteiger partial charge in [0.2, 0.25) is 5.52 Å². The van der Waals surface area contributed by atoms with E-state index in [1.165, 1.54) is 0 Å². The van der Waals surface area contributed by atoms with E-state index in [0.29, 0.717) is 11.5 Å². The van der Waals surface area contributed by atoms with Crippen molar-refractivity contribution in [1.82, 2.24) is 0 Å². The van der Waals surface area contributed by atoms with Crippen LogP contribution in [0.25, 0.3) is 5.52 Å². The second-order valence-corrected chi connectivity index (χ2v) is 3.04. The molecule has 1 N–H and O–H groups in total. The summed E-state index contributed by atoms with van der Waals surface area (Å²) in [5, 5.41) is 9.43. The maximum absolute atomic E-state index is 9.43. The summed E-state index contributed by atoms with van der Waals surface area (Å²) in [6.45, 7) is 0. The van der Waals surface area contributed by atoms with E-state index in [9.17, 15) is 5.11 Å². The van der Waals surface area contributed by atoms with Crippen LogP contribution in [-0.4, -0.2) is 19.2 Å². The zero-order valence-electron chi connectivity index (χ0n) is 7.94. The molecule has 0 radical (unpaired) electrons. The van der Waals surface area contributed by atoms with Gasteiger partial charge in [-0.1, -0.05) is 6.07 Å². The molecule has 0 aliphatic heterocycles. The van der Waals surface area contributed by atoms with Crippen LogP contribution in [-0.2, 0) is 0 Å². The predicted molar refractivity (Wildman–Crippen MR) is 47.9 cm³/mol. The fraction of sp³-hybridized carbons (Fsp3) is 0.222. The molecule has 4 nitrogen and oxygen atoms in total. The van der Waals surface area contributed by atoms with Gasteiger partial charge in [-0.25, -0.2) is 4.90 Å². The molecule has 0 unspecified atom stereocenters. The normalized spacial score (nSPS) is 9.86. The summed E-state index contributed by atoms with van der Waals surface area (Å²) >= 11 is 0. The van der Waals surface area contributed by atoms with Crippen LogP contribution in [0.5, 0.6) is 5.95 Å². The van der Waals surface area contributed by atoms with Crippen LogP contribution in [0.3, 0.4) is 0 Å². The second-order valence-electron chi connectivity index (χ2n) is 3.04. The molecule has 2 heterocycles. The third kappa shape index (κ3) is 1.48. The number of pyridine rings is 1. The molecule has 0 bridgehead atoms. The number of fused-ring (bicyclic) bond motifs is 1. The Kier molecular flexibility index (Phi) is 2.86. The number of aromatic hydroxyl groups is 1. The molecule has 0 aromatic carbocycles. The Morgan fingerprint density at radius 3 is 2.71 bits per heavy atom. The quantitative estimate of drug-likeness (QED) is 0.548. The van der Waals surface area contributed by atoms with Gasteiger partial charge in [0.1, 0.15) is 6.20 Å². The standard InChI is InChI=1S/C9H10N2O2.ClH/c1-10(2)9-11-6-4-3-5-7(11)8(12)13-9;/h3-6H,1-2H3;1H. The number of aromatic nitrogens is 1. The number of anilines is 1. The summed E-state index contributed by atoms with van der Waals surface area (Å²) in [4.78, 5) is 1.80. The summed E-state index contributed by atoms with van der Waals surface area (Å²) in [7, 11) is 3.72. The number of nitrogens with zero attached hydrogens (tertiary/aromatic N) is 2. The smallest absolute Gasteiger partial charge is 0.464 e. The molecule has 2 aromatic heterocycles. The average Bonchev–Trinajstić information content (AvgIpc) is 2.45. The van der Waals surface area contributed by atoms with Gasteiger partial charge in [-0.2, -0.15) is 4.40 Å². The first-order chi connectivity index (χ1) is 6.20. The predicted octanol–water partition coefficient (Wildman–Crippen LogP) is -2.21. The highest BCUT2D eigenvalue weighted by atomic mass is 35.5. The highest BCUT2D eigenvalue weighted by molar-refractivity contribution is 5.49. The molecule has 0 saturated heterocycles. The summed E-state index contributed by atoms with van der Waals surface area (Å²) in [5.41, 5.74) is 0.672. The fourth-order valence-corrected chi connectivity index (χ4v) is 1.28. The topological polar surface area (TPSA) is 40.7 Å². The van der Waals surface area contributed by atoms with Crippen LogP contribution in [0.1, 0.15) is 0 Å². The van der Waals surface area contributed by atoms with Gasteiger partial charge in [0.25, 0.3) is 0 Å². The van der Waals surface area contributed by atoms with Crippen molar-refractivity contribution in [1.29, 1.82) is 0 Å². The molecule has 0 spiro atoms. The van der Waals surface area contributed by atoms with E-state index in [1.54, 1.807) is 15.4 Å². The van der Waals surface area contributed by atoms with Crippen LogP contribution < -0.4 is 21.7 Å². The Bertz CT molecular complexity index is 439. The van der Waals surface area contributed by atoms with Crippen molar-refractivity contribution in [2.75, 3.05) is 19.0 Å². The first-order valence-corrected chi connectivity index (χ1v) is 3.99. The van der Waals surface area contributed by atoms with Crippen molar-refractivity contribution in [3.8, 4) is 5.95 Å².